The second-order valence-corrected chi connectivity index (χ2v) is 6.61. The molecule has 1 aromatic carbocycles. The van der Waals surface area contributed by atoms with Crippen molar-refractivity contribution >= 4 is 22.9 Å². The van der Waals surface area contributed by atoms with Crippen LogP contribution in [0.25, 0.3) is 0 Å². The largest absolute Gasteiger partial charge is 0.314 e. The van der Waals surface area contributed by atoms with Gasteiger partial charge in [0.2, 0.25) is 0 Å². The summed E-state index contributed by atoms with van der Waals surface area (Å²) in [5.74, 6) is -0.219. The minimum atomic E-state index is -0.219. The van der Waals surface area contributed by atoms with Crippen LogP contribution < -0.4 is 5.32 Å². The van der Waals surface area contributed by atoms with Gasteiger partial charge in [-0.1, -0.05) is 24.6 Å². The van der Waals surface area contributed by atoms with Gasteiger partial charge in [0.1, 0.15) is 5.82 Å². The molecule has 114 valence electrons. The third-order valence-electron chi connectivity index (χ3n) is 3.52. The van der Waals surface area contributed by atoms with Gasteiger partial charge in [0.25, 0.3) is 0 Å². The van der Waals surface area contributed by atoms with Gasteiger partial charge < -0.3 is 5.32 Å². The van der Waals surface area contributed by atoms with Crippen molar-refractivity contribution in [3.05, 3.63) is 57.0 Å². The lowest BCUT2D eigenvalue weighted by atomic mass is 10.0. The molecule has 1 N–H and O–H groups in total. The Balaban J connectivity index is 1.90. The fourth-order valence-electron chi connectivity index (χ4n) is 2.51. The quantitative estimate of drug-likeness (QED) is 0.713. The van der Waals surface area contributed by atoms with E-state index in [4.69, 9.17) is 11.6 Å². The van der Waals surface area contributed by atoms with Gasteiger partial charge in [-0.2, -0.15) is 0 Å². The topological polar surface area (TPSA) is 12.0 Å². The number of nitrogens with one attached hydrogen (secondary N) is 1. The van der Waals surface area contributed by atoms with Gasteiger partial charge in [0.15, 0.2) is 0 Å². The summed E-state index contributed by atoms with van der Waals surface area (Å²) in [6.45, 7) is 3.01. The highest BCUT2D eigenvalue weighted by molar-refractivity contribution is 7.09. The molecule has 0 saturated carbocycles. The van der Waals surface area contributed by atoms with Gasteiger partial charge in [0, 0.05) is 15.9 Å². The van der Waals surface area contributed by atoms with Crippen LogP contribution >= 0.6 is 22.9 Å². The molecule has 0 bridgehead atoms. The monoisotopic (exact) mass is 325 g/mol. The Bertz CT molecular complexity index is 542. The van der Waals surface area contributed by atoms with Crippen LogP contribution in [0.1, 0.15) is 30.2 Å². The van der Waals surface area contributed by atoms with Crippen LogP contribution in [0.3, 0.4) is 0 Å². The third kappa shape index (κ3) is 5.42. The van der Waals surface area contributed by atoms with Crippen LogP contribution in [-0.4, -0.2) is 12.6 Å². The molecule has 0 amide bonds. The first-order chi connectivity index (χ1) is 10.2. The second-order valence-electron chi connectivity index (χ2n) is 5.17. The summed E-state index contributed by atoms with van der Waals surface area (Å²) in [5, 5.41) is 6.25. The lowest BCUT2D eigenvalue weighted by Crippen LogP contribution is -2.31. The molecule has 2 aromatic rings. The lowest BCUT2D eigenvalue weighted by Gasteiger charge is -2.18. The lowest BCUT2D eigenvalue weighted by molar-refractivity contribution is 0.476. The molecule has 0 aliphatic rings. The van der Waals surface area contributed by atoms with E-state index in [0.29, 0.717) is 11.1 Å². The van der Waals surface area contributed by atoms with Crippen molar-refractivity contribution in [2.75, 3.05) is 6.54 Å². The first-order valence-corrected chi connectivity index (χ1v) is 8.64. The van der Waals surface area contributed by atoms with Gasteiger partial charge in [-0.05, 0) is 67.4 Å². The first-order valence-electron chi connectivity index (χ1n) is 7.38. The molecule has 1 heterocycles. The van der Waals surface area contributed by atoms with E-state index < -0.39 is 0 Å². The molecule has 21 heavy (non-hydrogen) atoms. The number of halogens is 2. The summed E-state index contributed by atoms with van der Waals surface area (Å²) in [7, 11) is 0. The Morgan fingerprint density at radius 1 is 1.33 bits per heavy atom. The average molecular weight is 326 g/mol. The Hall–Kier alpha value is -0.900. The van der Waals surface area contributed by atoms with E-state index in [1.54, 1.807) is 23.5 Å². The molecular formula is C17H21ClFNS. The van der Waals surface area contributed by atoms with E-state index in [2.05, 4.69) is 29.8 Å². The van der Waals surface area contributed by atoms with Crippen molar-refractivity contribution < 1.29 is 4.39 Å². The van der Waals surface area contributed by atoms with Gasteiger partial charge >= 0.3 is 0 Å². The normalized spacial score (nSPS) is 12.5. The highest BCUT2D eigenvalue weighted by Gasteiger charge is 2.11. The molecule has 0 saturated heterocycles. The average Bonchev–Trinajstić information content (AvgIpc) is 2.96. The number of thiophene rings is 1. The van der Waals surface area contributed by atoms with Crippen molar-refractivity contribution in [3.8, 4) is 0 Å². The Morgan fingerprint density at radius 2 is 2.19 bits per heavy atom. The van der Waals surface area contributed by atoms with E-state index in [1.807, 2.05) is 0 Å². The molecule has 0 aliphatic carbocycles. The third-order valence-corrected chi connectivity index (χ3v) is 4.83. The maximum atomic E-state index is 13.3. The number of likely N-dealkylation sites (N-methyl/N-ethyl adjacent to an activating group) is 1. The van der Waals surface area contributed by atoms with Crippen LogP contribution in [0.15, 0.2) is 35.7 Å². The van der Waals surface area contributed by atoms with E-state index in [-0.39, 0.29) is 5.82 Å². The fourth-order valence-corrected chi connectivity index (χ4v) is 3.45. The van der Waals surface area contributed by atoms with Crippen LogP contribution in [0.5, 0.6) is 0 Å². The molecule has 4 heteroatoms. The molecule has 0 spiro atoms. The fraction of sp³-hybridized carbons (Fsp3) is 0.412. The van der Waals surface area contributed by atoms with Crippen LogP contribution in [0.4, 0.5) is 4.39 Å². The number of benzene rings is 1. The zero-order valence-electron chi connectivity index (χ0n) is 12.2. The predicted molar refractivity (Wildman–Crippen MR) is 89.8 cm³/mol. The highest BCUT2D eigenvalue weighted by atomic mass is 35.5. The van der Waals surface area contributed by atoms with Crippen molar-refractivity contribution in [1.29, 1.82) is 0 Å². The maximum Gasteiger partial charge on any atom is 0.123 e. The van der Waals surface area contributed by atoms with Crippen molar-refractivity contribution in [2.24, 2.45) is 0 Å². The summed E-state index contributed by atoms with van der Waals surface area (Å²) >= 11 is 7.97. The summed E-state index contributed by atoms with van der Waals surface area (Å²) in [4.78, 5) is 1.43. The van der Waals surface area contributed by atoms with E-state index in [1.165, 1.54) is 10.9 Å². The molecule has 1 nitrogen and oxygen atoms in total. The summed E-state index contributed by atoms with van der Waals surface area (Å²) < 4.78 is 13.3. The Labute approximate surface area is 135 Å². The minimum Gasteiger partial charge on any atom is -0.314 e. The van der Waals surface area contributed by atoms with E-state index in [0.717, 1.165) is 37.8 Å². The zero-order valence-corrected chi connectivity index (χ0v) is 13.8. The van der Waals surface area contributed by atoms with Crippen molar-refractivity contribution in [2.45, 2.75) is 38.6 Å². The minimum absolute atomic E-state index is 0.219. The predicted octanol–water partition coefficient (Wildman–Crippen LogP) is 5.08. The smallest absolute Gasteiger partial charge is 0.123 e. The molecular weight excluding hydrogens is 305 g/mol. The maximum absolute atomic E-state index is 13.3. The SMILES string of the molecule is CCNC(CCCc1cccs1)Cc1cc(F)ccc1Cl. The second kappa shape index (κ2) is 8.52. The Kier molecular flexibility index (Phi) is 6.68. The molecule has 0 radical (unpaired) electrons. The number of hydrogen-bond donors (Lipinski definition) is 1. The molecule has 2 rings (SSSR count). The van der Waals surface area contributed by atoms with Crippen molar-refractivity contribution in [1.82, 2.24) is 5.32 Å². The molecule has 0 aliphatic heterocycles. The van der Waals surface area contributed by atoms with Crippen molar-refractivity contribution in [3.63, 3.8) is 0 Å². The van der Waals surface area contributed by atoms with E-state index >= 15 is 0 Å². The first kappa shape index (κ1) is 16.5. The van der Waals surface area contributed by atoms with Crippen LogP contribution in [-0.2, 0) is 12.8 Å². The van der Waals surface area contributed by atoms with Gasteiger partial charge in [0.05, 0.1) is 0 Å². The summed E-state index contributed by atoms with van der Waals surface area (Å²) in [5.41, 5.74) is 0.888. The summed E-state index contributed by atoms with van der Waals surface area (Å²) in [6, 6.07) is 9.21. The van der Waals surface area contributed by atoms with Gasteiger partial charge in [-0.15, -0.1) is 11.3 Å². The molecule has 1 unspecified atom stereocenters. The molecule has 1 atom stereocenters. The van der Waals surface area contributed by atoms with Crippen LogP contribution in [0, 0.1) is 5.82 Å². The standard InChI is InChI=1S/C17H21ClFNS/c1-2-20-15(5-3-6-16-7-4-10-21-16)12-13-11-14(19)8-9-17(13)18/h4,7-11,15,20H,2-3,5-6,12H2,1H3. The van der Waals surface area contributed by atoms with Crippen LogP contribution in [0.2, 0.25) is 5.02 Å². The molecule has 1 aromatic heterocycles. The zero-order chi connectivity index (χ0) is 15.1. The number of aryl methyl sites for hydroxylation is 1. The van der Waals surface area contributed by atoms with E-state index in [9.17, 15) is 4.39 Å². The molecule has 0 fully saturated rings. The van der Waals surface area contributed by atoms with Gasteiger partial charge in [-0.25, -0.2) is 4.39 Å². The number of hydrogen-bond acceptors (Lipinski definition) is 2. The number of rotatable bonds is 8. The van der Waals surface area contributed by atoms with Gasteiger partial charge in [-0.3, -0.25) is 0 Å². The highest BCUT2D eigenvalue weighted by Crippen LogP contribution is 2.20. The Morgan fingerprint density at radius 3 is 2.90 bits per heavy atom. The summed E-state index contributed by atoms with van der Waals surface area (Å²) in [6.07, 6.45) is 4.08.